The first-order valence-corrected chi connectivity index (χ1v) is 13.0. The number of carbonyl (C=O) groups excluding carboxylic acids is 2. The van der Waals surface area contributed by atoms with Gasteiger partial charge in [0, 0.05) is 36.0 Å². The molecule has 4 rings (SSSR count). The van der Waals surface area contributed by atoms with E-state index in [2.05, 4.69) is 29.5 Å². The molecule has 1 aromatic rings. The van der Waals surface area contributed by atoms with Gasteiger partial charge < -0.3 is 15.7 Å². The van der Waals surface area contributed by atoms with Crippen LogP contribution in [0.25, 0.3) is 0 Å². The first-order valence-electron chi connectivity index (χ1n) is 13.0. The maximum Gasteiger partial charge on any atom is 0.251 e. The summed E-state index contributed by atoms with van der Waals surface area (Å²) in [4.78, 5) is 29.8. The lowest BCUT2D eigenvalue weighted by Gasteiger charge is -2.56. The molecule has 33 heavy (non-hydrogen) atoms. The van der Waals surface area contributed by atoms with Crippen molar-refractivity contribution < 1.29 is 14.7 Å². The zero-order valence-corrected chi connectivity index (χ0v) is 20.4. The summed E-state index contributed by atoms with van der Waals surface area (Å²) in [5, 5.41) is 18.1. The van der Waals surface area contributed by atoms with Crippen molar-refractivity contribution >= 4 is 11.8 Å². The van der Waals surface area contributed by atoms with Gasteiger partial charge in [-0.25, -0.2) is 0 Å². The van der Waals surface area contributed by atoms with Gasteiger partial charge in [-0.3, -0.25) is 14.6 Å². The molecule has 1 aromatic heterocycles. The number of pyridine rings is 1. The minimum absolute atomic E-state index is 0.0171. The standard InChI is InChI=1S/C27H41N3O3/c1-17(25(32)29-20-7-5-4-6-8-20)21-9-13-27(3)14-10-22(18(2)23(27)24(21)31)30-26(33)19-11-15-28-16-12-19/h11-12,15-18,20-24,31H,4-10,13-14H2,1-3H3,(H,29,32)(H,30,33)/t17-,18-,21-,22-,23+,24-,27+/m0/s1. The fraction of sp³-hybridized carbons (Fsp3) is 0.741. The molecule has 0 radical (unpaired) electrons. The molecule has 182 valence electrons. The number of nitrogens with zero attached hydrogens (tertiary/aromatic N) is 1. The minimum atomic E-state index is -0.536. The zero-order chi connectivity index (χ0) is 23.6. The molecule has 0 aromatic carbocycles. The molecule has 0 aliphatic heterocycles. The fourth-order valence-corrected chi connectivity index (χ4v) is 7.03. The van der Waals surface area contributed by atoms with Crippen LogP contribution in [0.1, 0.15) is 88.9 Å². The molecule has 1 heterocycles. The van der Waals surface area contributed by atoms with Crippen molar-refractivity contribution in [2.45, 2.75) is 96.7 Å². The number of fused-ring (bicyclic) bond motifs is 1. The third-order valence-electron chi connectivity index (χ3n) is 9.15. The quantitative estimate of drug-likeness (QED) is 0.624. The van der Waals surface area contributed by atoms with Gasteiger partial charge in [0.25, 0.3) is 5.91 Å². The van der Waals surface area contributed by atoms with Gasteiger partial charge in [-0.1, -0.05) is 40.0 Å². The van der Waals surface area contributed by atoms with Crippen LogP contribution in [0.2, 0.25) is 0 Å². The smallest absolute Gasteiger partial charge is 0.251 e. The van der Waals surface area contributed by atoms with E-state index in [0.29, 0.717) is 11.6 Å². The van der Waals surface area contributed by atoms with Gasteiger partial charge in [-0.15, -0.1) is 0 Å². The minimum Gasteiger partial charge on any atom is -0.392 e. The Morgan fingerprint density at radius 2 is 1.73 bits per heavy atom. The molecular formula is C27H41N3O3. The molecule has 0 bridgehead atoms. The van der Waals surface area contributed by atoms with Crippen LogP contribution < -0.4 is 10.6 Å². The molecule has 6 nitrogen and oxygen atoms in total. The van der Waals surface area contributed by atoms with Crippen LogP contribution in [0.4, 0.5) is 0 Å². The average Bonchev–Trinajstić information content (AvgIpc) is 2.82. The molecule has 3 aliphatic carbocycles. The first-order chi connectivity index (χ1) is 15.8. The van der Waals surface area contributed by atoms with E-state index < -0.39 is 6.10 Å². The molecule has 3 fully saturated rings. The van der Waals surface area contributed by atoms with Crippen molar-refractivity contribution in [3.8, 4) is 0 Å². The summed E-state index contributed by atoms with van der Waals surface area (Å²) < 4.78 is 0. The number of hydrogen-bond donors (Lipinski definition) is 3. The van der Waals surface area contributed by atoms with E-state index >= 15 is 0 Å². The molecular weight excluding hydrogens is 414 g/mol. The number of hydrogen-bond acceptors (Lipinski definition) is 4. The highest BCUT2D eigenvalue weighted by atomic mass is 16.3. The van der Waals surface area contributed by atoms with Gasteiger partial charge in [0.1, 0.15) is 0 Å². The summed E-state index contributed by atoms with van der Waals surface area (Å²) in [5.74, 6) is -0.0201. The Morgan fingerprint density at radius 1 is 1.06 bits per heavy atom. The highest BCUT2D eigenvalue weighted by Crippen LogP contribution is 2.55. The molecule has 2 amide bonds. The average molecular weight is 456 g/mol. The van der Waals surface area contributed by atoms with E-state index in [9.17, 15) is 14.7 Å². The Kier molecular flexibility index (Phi) is 7.42. The normalized spacial score (nSPS) is 35.8. The first kappa shape index (κ1) is 24.2. The molecule has 3 saturated carbocycles. The molecule has 3 N–H and O–H groups in total. The summed E-state index contributed by atoms with van der Waals surface area (Å²) in [7, 11) is 0. The van der Waals surface area contributed by atoms with Crippen molar-refractivity contribution in [1.82, 2.24) is 15.6 Å². The Bertz CT molecular complexity index is 825. The van der Waals surface area contributed by atoms with Crippen LogP contribution >= 0.6 is 0 Å². The predicted molar refractivity (Wildman–Crippen MR) is 128 cm³/mol. The van der Waals surface area contributed by atoms with Gasteiger partial charge in [-0.2, -0.15) is 0 Å². The van der Waals surface area contributed by atoms with Crippen LogP contribution in [0.15, 0.2) is 24.5 Å². The third-order valence-corrected chi connectivity index (χ3v) is 9.15. The second-order valence-corrected chi connectivity index (χ2v) is 11.2. The van der Waals surface area contributed by atoms with Crippen LogP contribution in [-0.2, 0) is 4.79 Å². The van der Waals surface area contributed by atoms with Crippen LogP contribution in [0.5, 0.6) is 0 Å². The number of carbonyl (C=O) groups is 2. The highest BCUT2D eigenvalue weighted by Gasteiger charge is 2.54. The van der Waals surface area contributed by atoms with Gasteiger partial charge >= 0.3 is 0 Å². The Hall–Kier alpha value is -1.95. The molecule has 7 atom stereocenters. The number of aliphatic hydroxyl groups is 1. The maximum absolute atomic E-state index is 13.1. The molecule has 0 saturated heterocycles. The Morgan fingerprint density at radius 3 is 2.42 bits per heavy atom. The molecule has 6 heteroatoms. The summed E-state index contributed by atoms with van der Waals surface area (Å²) in [6.07, 6.45) is 12.3. The number of nitrogens with one attached hydrogen (secondary N) is 2. The number of aliphatic hydroxyl groups excluding tert-OH is 1. The van der Waals surface area contributed by atoms with Gasteiger partial charge in [-0.05, 0) is 73.8 Å². The monoisotopic (exact) mass is 455 g/mol. The van der Waals surface area contributed by atoms with Gasteiger partial charge in [0.05, 0.1) is 6.10 Å². The molecule has 3 aliphatic rings. The number of amides is 2. The van der Waals surface area contributed by atoms with E-state index in [0.717, 1.165) is 38.5 Å². The van der Waals surface area contributed by atoms with E-state index in [1.165, 1.54) is 19.3 Å². The summed E-state index contributed by atoms with van der Waals surface area (Å²) in [6.45, 7) is 6.45. The lowest BCUT2D eigenvalue weighted by Crippen LogP contribution is -2.58. The van der Waals surface area contributed by atoms with E-state index in [4.69, 9.17) is 0 Å². The van der Waals surface area contributed by atoms with E-state index in [1.807, 2.05) is 6.92 Å². The van der Waals surface area contributed by atoms with Crippen molar-refractivity contribution in [3.63, 3.8) is 0 Å². The van der Waals surface area contributed by atoms with Crippen molar-refractivity contribution in [3.05, 3.63) is 30.1 Å². The van der Waals surface area contributed by atoms with Crippen molar-refractivity contribution in [2.24, 2.45) is 29.1 Å². The lowest BCUT2D eigenvalue weighted by molar-refractivity contribution is -0.142. The Balaban J connectivity index is 1.43. The fourth-order valence-electron chi connectivity index (χ4n) is 7.03. The third kappa shape index (κ3) is 5.11. The Labute approximate surface area is 198 Å². The summed E-state index contributed by atoms with van der Waals surface area (Å²) in [5.41, 5.74) is 0.660. The largest absolute Gasteiger partial charge is 0.392 e. The number of rotatable bonds is 5. The predicted octanol–water partition coefficient (Wildman–Crippen LogP) is 4.09. The van der Waals surface area contributed by atoms with E-state index in [-0.39, 0.29) is 46.9 Å². The topological polar surface area (TPSA) is 91.3 Å². The van der Waals surface area contributed by atoms with Crippen molar-refractivity contribution in [2.75, 3.05) is 0 Å². The van der Waals surface area contributed by atoms with Crippen molar-refractivity contribution in [1.29, 1.82) is 0 Å². The zero-order valence-electron chi connectivity index (χ0n) is 20.4. The van der Waals surface area contributed by atoms with Gasteiger partial charge in [0.2, 0.25) is 5.91 Å². The lowest BCUT2D eigenvalue weighted by atomic mass is 9.51. The van der Waals surface area contributed by atoms with Gasteiger partial charge in [0.15, 0.2) is 0 Å². The number of aromatic nitrogens is 1. The van der Waals surface area contributed by atoms with Crippen LogP contribution in [-0.4, -0.2) is 40.1 Å². The molecule has 0 spiro atoms. The SMILES string of the molecule is C[C@@H]1[C@@H]2[C@@H](O)[C@H]([C@H](C)C(=O)NC3CCCCC3)CC[C@]2(C)CC[C@@H]1NC(=O)c1ccncc1. The summed E-state index contributed by atoms with van der Waals surface area (Å²) >= 11 is 0. The molecule has 0 unspecified atom stereocenters. The van der Waals surface area contributed by atoms with E-state index in [1.54, 1.807) is 24.5 Å². The second kappa shape index (κ2) is 10.1. The van der Waals surface area contributed by atoms with Crippen LogP contribution in [0.3, 0.4) is 0 Å². The van der Waals surface area contributed by atoms with Crippen LogP contribution in [0, 0.1) is 29.1 Å². The second-order valence-electron chi connectivity index (χ2n) is 11.2. The summed E-state index contributed by atoms with van der Waals surface area (Å²) in [6, 6.07) is 3.76. The maximum atomic E-state index is 13.1. The highest BCUT2D eigenvalue weighted by molar-refractivity contribution is 5.94.